The molecule has 0 spiro atoms. The van der Waals surface area contributed by atoms with Crippen molar-refractivity contribution in [2.45, 2.75) is 31.5 Å². The van der Waals surface area contributed by atoms with E-state index in [0.717, 1.165) is 24.5 Å². The molecular weight excluding hydrogens is 521 g/mol. The number of halogens is 4. The second kappa shape index (κ2) is 10.2. The highest BCUT2D eigenvalue weighted by atomic mass is 35.5. The Morgan fingerprint density at radius 1 is 1.17 bits per heavy atom. The van der Waals surface area contributed by atoms with Crippen molar-refractivity contribution in [2.24, 2.45) is 10.2 Å². The highest BCUT2D eigenvalue weighted by molar-refractivity contribution is 7.17. The van der Waals surface area contributed by atoms with Gasteiger partial charge in [0.15, 0.2) is 5.13 Å². The van der Waals surface area contributed by atoms with Gasteiger partial charge in [0.25, 0.3) is 0 Å². The molecule has 0 atom stereocenters. The Hall–Kier alpha value is -3.64. The number of aromatic hydroxyl groups is 1. The molecule has 0 bridgehead atoms. The highest BCUT2D eigenvalue weighted by Gasteiger charge is 2.34. The van der Waals surface area contributed by atoms with E-state index in [-0.39, 0.29) is 22.9 Å². The third-order valence-electron chi connectivity index (χ3n) is 5.27. The van der Waals surface area contributed by atoms with Crippen molar-refractivity contribution in [1.82, 2.24) is 4.98 Å². The molecule has 0 saturated heterocycles. The van der Waals surface area contributed by atoms with E-state index in [0.29, 0.717) is 32.2 Å². The summed E-state index contributed by atoms with van der Waals surface area (Å²) in [6, 6.07) is 9.38. The fourth-order valence-corrected chi connectivity index (χ4v) is 4.71. The molecule has 2 aromatic carbocycles. The van der Waals surface area contributed by atoms with Crippen LogP contribution in [0.3, 0.4) is 0 Å². The number of hydrogen-bond donors (Lipinski definition) is 4. The van der Waals surface area contributed by atoms with Crippen molar-refractivity contribution in [2.75, 3.05) is 5.32 Å². The lowest BCUT2D eigenvalue weighted by atomic mass is 9.96. The molecule has 0 unspecified atom stereocenters. The minimum absolute atomic E-state index is 0.00883. The molecule has 1 aliphatic heterocycles. The predicted octanol–water partition coefficient (Wildman–Crippen LogP) is 4.73. The van der Waals surface area contributed by atoms with Gasteiger partial charge in [0, 0.05) is 23.0 Å². The molecule has 2 heterocycles. The molecule has 188 valence electrons. The number of rotatable bonds is 5. The Morgan fingerprint density at radius 3 is 2.56 bits per heavy atom. The maximum absolute atomic E-state index is 13.7. The van der Waals surface area contributed by atoms with Crippen LogP contribution in [0.25, 0.3) is 5.57 Å². The number of thiazole rings is 1. The number of benzene rings is 2. The van der Waals surface area contributed by atoms with E-state index in [1.54, 1.807) is 24.4 Å². The zero-order valence-corrected chi connectivity index (χ0v) is 19.8. The van der Waals surface area contributed by atoms with Crippen LogP contribution in [0.5, 0.6) is 5.88 Å². The lowest BCUT2D eigenvalue weighted by molar-refractivity contribution is -0.138. The first-order valence-corrected chi connectivity index (χ1v) is 11.7. The summed E-state index contributed by atoms with van der Waals surface area (Å²) >= 11 is 7.08. The molecule has 1 aliphatic carbocycles. The molecule has 13 heteroatoms. The Kier molecular flexibility index (Phi) is 7.18. The minimum atomic E-state index is -4.57. The SMILES string of the molecule is O=C(O)O.Oc1nc(NC2CC2)sc1C(Cc1ccc(Cl)cc1C(F)(F)F)=c1ccc2c(c1)C=NN=2. The number of aromatic nitrogens is 1. The zero-order chi connectivity index (χ0) is 26.0. The Morgan fingerprint density at radius 2 is 1.89 bits per heavy atom. The Labute approximate surface area is 210 Å². The lowest BCUT2D eigenvalue weighted by Gasteiger charge is -2.15. The standard InChI is InChI=1S/C22H16ClF3N4OS.CH2O3/c23-14-3-1-12(17(9-14)22(24,25)26)8-16(11-2-6-18-13(7-11)10-27-30-18)19-20(31)29-21(32-19)28-15-4-5-15;2-1(3)4/h1-3,6-7,9-10,15,31H,4-5,8H2,(H,28,29);(H2,2,3,4). The van der Waals surface area contributed by atoms with Crippen LogP contribution in [-0.4, -0.2) is 38.7 Å². The summed E-state index contributed by atoms with van der Waals surface area (Å²) in [6.45, 7) is 0. The maximum Gasteiger partial charge on any atom is 0.503 e. The van der Waals surface area contributed by atoms with Gasteiger partial charge in [-0.25, -0.2) is 4.79 Å². The number of carbonyl (C=O) groups is 1. The van der Waals surface area contributed by atoms with Crippen molar-refractivity contribution >= 4 is 46.0 Å². The van der Waals surface area contributed by atoms with Crippen molar-refractivity contribution in [3.63, 3.8) is 0 Å². The van der Waals surface area contributed by atoms with Crippen molar-refractivity contribution in [1.29, 1.82) is 0 Å². The third kappa shape index (κ3) is 6.13. The molecular formula is C23H18ClF3N4O4S. The summed E-state index contributed by atoms with van der Waals surface area (Å²) < 4.78 is 41.2. The molecule has 0 radical (unpaired) electrons. The molecule has 8 nitrogen and oxygen atoms in total. The summed E-state index contributed by atoms with van der Waals surface area (Å²) in [5, 5.41) is 37.5. The van der Waals surface area contributed by atoms with E-state index in [1.165, 1.54) is 23.5 Å². The second-order valence-corrected chi connectivity index (χ2v) is 9.38. The molecule has 1 saturated carbocycles. The van der Waals surface area contributed by atoms with E-state index in [4.69, 9.17) is 26.6 Å². The smallest absolute Gasteiger partial charge is 0.492 e. The fraction of sp³-hybridized carbons (Fsp3) is 0.217. The van der Waals surface area contributed by atoms with E-state index >= 15 is 0 Å². The molecule has 4 N–H and O–H groups in total. The van der Waals surface area contributed by atoms with Gasteiger partial charge in [-0.05, 0) is 53.5 Å². The predicted molar refractivity (Wildman–Crippen MR) is 129 cm³/mol. The number of carboxylic acid groups (broad SMARTS) is 2. The topological polar surface area (TPSA) is 127 Å². The maximum atomic E-state index is 13.7. The summed E-state index contributed by atoms with van der Waals surface area (Å²) in [5.41, 5.74) is 0.535. The van der Waals surface area contributed by atoms with Gasteiger partial charge in [-0.3, -0.25) is 0 Å². The number of alkyl halides is 3. The van der Waals surface area contributed by atoms with Gasteiger partial charge in [0.05, 0.1) is 22.0 Å². The third-order valence-corrected chi connectivity index (χ3v) is 6.54. The first kappa shape index (κ1) is 25.5. The number of hydrogen-bond acceptors (Lipinski definition) is 7. The molecule has 1 aromatic heterocycles. The van der Waals surface area contributed by atoms with Crippen LogP contribution in [0.4, 0.5) is 23.1 Å². The molecule has 1 fully saturated rings. The van der Waals surface area contributed by atoms with Crippen LogP contribution in [0.1, 0.15) is 34.4 Å². The Balaban J connectivity index is 0.000000709. The van der Waals surface area contributed by atoms with Crippen molar-refractivity contribution in [3.05, 3.63) is 73.6 Å². The summed E-state index contributed by atoms with van der Waals surface area (Å²) in [4.78, 5) is 13.2. The highest BCUT2D eigenvalue weighted by Crippen LogP contribution is 2.39. The largest absolute Gasteiger partial charge is 0.503 e. The van der Waals surface area contributed by atoms with Crippen molar-refractivity contribution in [3.8, 4) is 5.88 Å². The van der Waals surface area contributed by atoms with Crippen molar-refractivity contribution < 1.29 is 33.3 Å². The monoisotopic (exact) mass is 538 g/mol. The van der Waals surface area contributed by atoms with Gasteiger partial charge in [0.2, 0.25) is 5.88 Å². The lowest BCUT2D eigenvalue weighted by Crippen LogP contribution is -2.17. The number of fused-ring (bicyclic) bond motifs is 1. The quantitative estimate of drug-likeness (QED) is 0.372. The summed E-state index contributed by atoms with van der Waals surface area (Å²) in [6.07, 6.45) is -2.83. The van der Waals surface area contributed by atoms with Crippen LogP contribution in [0.15, 0.2) is 46.6 Å². The van der Waals surface area contributed by atoms with Crippen LogP contribution in [-0.2, 0) is 12.6 Å². The molecule has 0 amide bonds. The van der Waals surface area contributed by atoms with E-state index in [2.05, 4.69) is 20.5 Å². The van der Waals surface area contributed by atoms with Gasteiger partial charge in [-0.15, -0.1) is 0 Å². The van der Waals surface area contributed by atoms with E-state index in [9.17, 15) is 18.3 Å². The number of nitrogens with one attached hydrogen (secondary N) is 1. The average Bonchev–Trinajstić information content (AvgIpc) is 3.34. The first-order valence-electron chi connectivity index (χ1n) is 10.5. The van der Waals surface area contributed by atoms with Crippen LogP contribution >= 0.6 is 22.9 Å². The van der Waals surface area contributed by atoms with E-state index < -0.39 is 17.9 Å². The minimum Gasteiger partial charge on any atom is -0.492 e. The van der Waals surface area contributed by atoms with Gasteiger partial charge >= 0.3 is 12.3 Å². The molecule has 3 aromatic rings. The van der Waals surface area contributed by atoms with Crippen LogP contribution < -0.4 is 15.9 Å². The number of nitrogens with zero attached hydrogens (tertiary/aromatic N) is 3. The van der Waals surface area contributed by atoms with Crippen LogP contribution in [0, 0.1) is 0 Å². The number of anilines is 1. The summed E-state index contributed by atoms with van der Waals surface area (Å²) in [7, 11) is 0. The molecule has 36 heavy (non-hydrogen) atoms. The first-order chi connectivity index (χ1) is 17.0. The van der Waals surface area contributed by atoms with Gasteiger partial charge in [-0.2, -0.15) is 28.4 Å². The molecule has 2 aliphatic rings. The summed E-state index contributed by atoms with van der Waals surface area (Å²) in [5.74, 6) is -0.213. The normalized spacial score (nSPS) is 14.9. The van der Waals surface area contributed by atoms with Gasteiger partial charge in [0.1, 0.15) is 0 Å². The molecule has 5 rings (SSSR count). The van der Waals surface area contributed by atoms with E-state index in [1.807, 2.05) is 0 Å². The fourth-order valence-electron chi connectivity index (χ4n) is 3.53. The average molecular weight is 539 g/mol. The van der Waals surface area contributed by atoms with Gasteiger partial charge < -0.3 is 20.6 Å². The van der Waals surface area contributed by atoms with Gasteiger partial charge in [-0.1, -0.05) is 35.1 Å². The Bertz CT molecular complexity index is 1460. The van der Waals surface area contributed by atoms with Crippen LogP contribution in [0.2, 0.25) is 5.02 Å². The zero-order valence-electron chi connectivity index (χ0n) is 18.3. The second-order valence-electron chi connectivity index (χ2n) is 7.95.